The highest BCUT2D eigenvalue weighted by atomic mass is 16.5. The SMILES string of the molecule is C=C(C)C(=O)OCC=O.CC(C)(c1ccc2cccc3c2c1C=CC3)c1ccc2cccc3c2c1C=CC3. The van der Waals surface area contributed by atoms with Crippen LogP contribution in [-0.4, -0.2) is 18.9 Å². The zero-order chi connectivity index (χ0) is 26.9. The summed E-state index contributed by atoms with van der Waals surface area (Å²) in [5.74, 6) is -0.526. The molecule has 0 bridgehead atoms. The molecule has 0 atom stereocenters. The first-order valence-corrected chi connectivity index (χ1v) is 13.0. The Labute approximate surface area is 224 Å². The van der Waals surface area contributed by atoms with Gasteiger partial charge in [-0.15, -0.1) is 0 Å². The average molecular weight is 501 g/mol. The Morgan fingerprint density at radius 3 is 1.79 bits per heavy atom. The summed E-state index contributed by atoms with van der Waals surface area (Å²) < 4.78 is 4.35. The van der Waals surface area contributed by atoms with Gasteiger partial charge in [0.05, 0.1) is 0 Å². The predicted octanol–water partition coefficient (Wildman–Crippen LogP) is 7.76. The molecule has 4 aromatic carbocycles. The van der Waals surface area contributed by atoms with Crippen molar-refractivity contribution < 1.29 is 14.3 Å². The van der Waals surface area contributed by atoms with Crippen molar-refractivity contribution in [2.45, 2.75) is 39.0 Å². The Hall–Kier alpha value is -4.24. The largest absolute Gasteiger partial charge is 0.455 e. The van der Waals surface area contributed by atoms with Crippen molar-refractivity contribution in [3.8, 4) is 0 Å². The molecule has 0 saturated carbocycles. The first-order valence-electron chi connectivity index (χ1n) is 13.0. The third kappa shape index (κ3) is 4.50. The highest BCUT2D eigenvalue weighted by Crippen LogP contribution is 2.43. The lowest BCUT2D eigenvalue weighted by molar-refractivity contribution is -0.141. The average Bonchev–Trinajstić information content (AvgIpc) is 2.93. The minimum absolute atomic E-state index is 0.0867. The maximum atomic E-state index is 10.4. The fourth-order valence-electron chi connectivity index (χ4n) is 5.73. The third-order valence-electron chi connectivity index (χ3n) is 7.57. The number of benzene rings is 4. The predicted molar refractivity (Wildman–Crippen MR) is 157 cm³/mol. The Morgan fingerprint density at radius 1 is 0.842 bits per heavy atom. The van der Waals surface area contributed by atoms with Gasteiger partial charge in [0.25, 0.3) is 0 Å². The van der Waals surface area contributed by atoms with E-state index < -0.39 is 5.97 Å². The van der Waals surface area contributed by atoms with Gasteiger partial charge in [-0.05, 0) is 74.7 Å². The number of carbonyl (C=O) groups excluding carboxylic acids is 2. The van der Waals surface area contributed by atoms with Crippen LogP contribution in [-0.2, 0) is 32.6 Å². The van der Waals surface area contributed by atoms with Crippen LogP contribution in [0.15, 0.2) is 85.0 Å². The molecule has 0 amide bonds. The molecule has 190 valence electrons. The van der Waals surface area contributed by atoms with E-state index in [-0.39, 0.29) is 12.0 Å². The van der Waals surface area contributed by atoms with E-state index in [9.17, 15) is 9.59 Å². The van der Waals surface area contributed by atoms with Crippen LogP contribution in [0.5, 0.6) is 0 Å². The summed E-state index contributed by atoms with van der Waals surface area (Å²) in [7, 11) is 0. The van der Waals surface area contributed by atoms with E-state index in [0.717, 1.165) is 12.8 Å². The lowest BCUT2D eigenvalue weighted by atomic mass is 9.71. The maximum absolute atomic E-state index is 10.4. The second-order valence-corrected chi connectivity index (χ2v) is 10.5. The summed E-state index contributed by atoms with van der Waals surface area (Å²) in [4.78, 5) is 20.0. The van der Waals surface area contributed by atoms with Gasteiger partial charge < -0.3 is 4.74 Å². The fraction of sp³-hybridized carbons (Fsp3) is 0.200. The zero-order valence-electron chi connectivity index (χ0n) is 22.2. The van der Waals surface area contributed by atoms with Crippen LogP contribution in [0.2, 0.25) is 0 Å². The van der Waals surface area contributed by atoms with Crippen LogP contribution in [0.3, 0.4) is 0 Å². The number of hydrogen-bond acceptors (Lipinski definition) is 3. The summed E-state index contributed by atoms with van der Waals surface area (Å²) in [5, 5.41) is 5.57. The minimum atomic E-state index is -0.526. The van der Waals surface area contributed by atoms with Gasteiger partial charge in [0.2, 0.25) is 0 Å². The number of ether oxygens (including phenoxy) is 1. The maximum Gasteiger partial charge on any atom is 0.333 e. The van der Waals surface area contributed by atoms with Crippen LogP contribution in [0.25, 0.3) is 33.7 Å². The van der Waals surface area contributed by atoms with Gasteiger partial charge in [0, 0.05) is 11.0 Å². The second kappa shape index (κ2) is 10.3. The van der Waals surface area contributed by atoms with Crippen LogP contribution in [0, 0.1) is 0 Å². The second-order valence-electron chi connectivity index (χ2n) is 10.5. The molecule has 2 aliphatic carbocycles. The first-order chi connectivity index (χ1) is 18.3. The van der Waals surface area contributed by atoms with Gasteiger partial charge in [-0.25, -0.2) is 4.79 Å². The van der Waals surface area contributed by atoms with E-state index in [1.54, 1.807) is 0 Å². The van der Waals surface area contributed by atoms with Gasteiger partial charge >= 0.3 is 5.97 Å². The molecule has 4 aromatic rings. The van der Waals surface area contributed by atoms with Crippen molar-refractivity contribution in [1.29, 1.82) is 0 Å². The quantitative estimate of drug-likeness (QED) is 0.160. The number of aldehydes is 1. The monoisotopic (exact) mass is 500 g/mol. The summed E-state index contributed by atoms with van der Waals surface area (Å²) in [5.41, 5.74) is 8.73. The molecular weight excluding hydrogens is 468 g/mol. The molecule has 0 spiro atoms. The smallest absolute Gasteiger partial charge is 0.333 e. The molecule has 6 rings (SSSR count). The molecule has 0 N–H and O–H groups in total. The van der Waals surface area contributed by atoms with E-state index in [1.807, 2.05) is 0 Å². The molecule has 38 heavy (non-hydrogen) atoms. The van der Waals surface area contributed by atoms with Gasteiger partial charge in [0.15, 0.2) is 6.29 Å². The van der Waals surface area contributed by atoms with Gasteiger partial charge in [-0.2, -0.15) is 0 Å². The van der Waals surface area contributed by atoms with E-state index >= 15 is 0 Å². The number of hydrogen-bond donors (Lipinski definition) is 0. The Bertz CT molecular complexity index is 1540. The number of allylic oxidation sites excluding steroid dienone is 2. The molecule has 3 heteroatoms. The van der Waals surface area contributed by atoms with Crippen LogP contribution in [0.4, 0.5) is 0 Å². The lowest BCUT2D eigenvalue weighted by Gasteiger charge is -2.32. The van der Waals surface area contributed by atoms with E-state index in [1.165, 1.54) is 61.8 Å². The van der Waals surface area contributed by atoms with Gasteiger partial charge in [-0.3, -0.25) is 4.79 Å². The standard InChI is InChI=1S/C29H24.C6H8O3/c1-29(2,25-17-15-21-9-3-7-19-11-5-13-23(25)27(19)21)26-18-16-22-10-4-8-20-12-6-14-24(26)28(20)22;1-5(2)6(8)9-4-3-7/h3-10,13-18H,11-12H2,1-2H3;3H,1,4H2,2H3. The summed E-state index contributed by atoms with van der Waals surface area (Å²) in [6.07, 6.45) is 11.9. The minimum Gasteiger partial charge on any atom is -0.455 e. The number of esters is 1. The highest BCUT2D eigenvalue weighted by molar-refractivity contribution is 5.99. The van der Waals surface area contributed by atoms with E-state index in [4.69, 9.17) is 0 Å². The summed E-state index contributed by atoms with van der Waals surface area (Å²) in [6.45, 7) is 9.42. The van der Waals surface area contributed by atoms with Crippen molar-refractivity contribution in [3.05, 3.63) is 118 Å². The van der Waals surface area contributed by atoms with Gasteiger partial charge in [0.1, 0.15) is 6.61 Å². The zero-order valence-corrected chi connectivity index (χ0v) is 22.2. The molecule has 0 aliphatic heterocycles. The van der Waals surface area contributed by atoms with Crippen LogP contribution >= 0.6 is 0 Å². The van der Waals surface area contributed by atoms with Crippen molar-refractivity contribution in [2.24, 2.45) is 0 Å². The van der Waals surface area contributed by atoms with Crippen LogP contribution < -0.4 is 0 Å². The summed E-state index contributed by atoms with van der Waals surface area (Å²) in [6, 6.07) is 22.7. The molecule has 3 nitrogen and oxygen atoms in total. The van der Waals surface area contributed by atoms with Crippen molar-refractivity contribution in [3.63, 3.8) is 0 Å². The first kappa shape index (κ1) is 25.4. The van der Waals surface area contributed by atoms with Crippen molar-refractivity contribution in [1.82, 2.24) is 0 Å². The molecule has 0 saturated heterocycles. The van der Waals surface area contributed by atoms with Crippen molar-refractivity contribution in [2.75, 3.05) is 6.61 Å². The summed E-state index contributed by atoms with van der Waals surface area (Å²) >= 11 is 0. The highest BCUT2D eigenvalue weighted by Gasteiger charge is 2.30. The van der Waals surface area contributed by atoms with Crippen molar-refractivity contribution >= 4 is 46.0 Å². The Morgan fingerprint density at radius 2 is 1.34 bits per heavy atom. The molecule has 0 heterocycles. The molecule has 0 unspecified atom stereocenters. The van der Waals surface area contributed by atoms with E-state index in [0.29, 0.717) is 11.9 Å². The molecule has 0 fully saturated rings. The van der Waals surface area contributed by atoms with Gasteiger partial charge in [-0.1, -0.05) is 105 Å². The molecule has 2 aliphatic rings. The normalized spacial score (nSPS) is 13.1. The third-order valence-corrected chi connectivity index (χ3v) is 7.57. The Kier molecular flexibility index (Phi) is 6.86. The fourth-order valence-corrected chi connectivity index (χ4v) is 5.73. The number of carbonyl (C=O) groups is 2. The molecular formula is C35H32O3. The molecule has 0 radical (unpaired) electrons. The topological polar surface area (TPSA) is 43.4 Å². The van der Waals surface area contributed by atoms with Crippen LogP contribution in [0.1, 0.15) is 54.2 Å². The Balaban J connectivity index is 0.000000284. The molecule has 0 aromatic heterocycles. The lowest BCUT2D eigenvalue weighted by Crippen LogP contribution is -2.22. The number of rotatable bonds is 5. The van der Waals surface area contributed by atoms with E-state index in [2.05, 4.69) is 110 Å².